The van der Waals surface area contributed by atoms with Crippen LogP contribution in [0.5, 0.6) is 0 Å². The predicted octanol–water partition coefficient (Wildman–Crippen LogP) is 2.34. The molecule has 3 amide bonds. The van der Waals surface area contributed by atoms with Crippen molar-refractivity contribution < 1.29 is 9.59 Å². The number of anilines is 1. The molecule has 6 heteroatoms. The van der Waals surface area contributed by atoms with Crippen molar-refractivity contribution >= 4 is 23.7 Å². The minimum Gasteiger partial charge on any atom is -0.378 e. The summed E-state index contributed by atoms with van der Waals surface area (Å²) in [5.74, 6) is -0.403. The number of rotatable bonds is 3. The summed E-state index contributed by atoms with van der Waals surface area (Å²) in [6, 6.07) is 9.78. The maximum Gasteiger partial charge on any atom is 0.326 e. The van der Waals surface area contributed by atoms with E-state index in [1.165, 1.54) is 0 Å². The van der Waals surface area contributed by atoms with Crippen molar-refractivity contribution in [2.45, 2.75) is 13.8 Å². The van der Waals surface area contributed by atoms with Gasteiger partial charge in [0.1, 0.15) is 5.70 Å². The van der Waals surface area contributed by atoms with E-state index in [0.717, 1.165) is 28.3 Å². The van der Waals surface area contributed by atoms with Crippen LogP contribution in [0.1, 0.15) is 17.0 Å². The molecule has 1 aromatic heterocycles. The average molecular weight is 324 g/mol. The summed E-state index contributed by atoms with van der Waals surface area (Å²) >= 11 is 0. The Bertz CT molecular complexity index is 845. The number of nitrogens with zero attached hydrogens (tertiary/aromatic N) is 2. The van der Waals surface area contributed by atoms with Gasteiger partial charge in [-0.1, -0.05) is 0 Å². The molecule has 1 fully saturated rings. The summed E-state index contributed by atoms with van der Waals surface area (Å²) in [7, 11) is 4.01. The van der Waals surface area contributed by atoms with Gasteiger partial charge in [-0.2, -0.15) is 0 Å². The van der Waals surface area contributed by atoms with E-state index in [1.54, 1.807) is 6.08 Å². The van der Waals surface area contributed by atoms with Crippen LogP contribution in [0, 0.1) is 13.8 Å². The molecule has 124 valence electrons. The second kappa shape index (κ2) is 5.88. The number of carbonyl (C=O) groups is 2. The summed E-state index contributed by atoms with van der Waals surface area (Å²) in [5, 5.41) is 4.72. The third kappa shape index (κ3) is 2.78. The van der Waals surface area contributed by atoms with Crippen LogP contribution >= 0.6 is 0 Å². The Hall–Kier alpha value is -3.02. The number of aryl methyl sites for hydroxylation is 1. The van der Waals surface area contributed by atoms with Gasteiger partial charge < -0.3 is 14.8 Å². The third-order valence-electron chi connectivity index (χ3n) is 4.11. The molecule has 1 saturated heterocycles. The molecular weight excluding hydrogens is 304 g/mol. The number of imide groups is 1. The molecule has 24 heavy (non-hydrogen) atoms. The standard InChI is InChI=1S/C18H20N4O2/c1-11-9-13(10-16-17(23)20-18(24)19-16)12(2)22(11)15-7-5-14(6-8-15)21(3)4/h5-10H,1-4H3,(H2,19,20,23,24). The van der Waals surface area contributed by atoms with Gasteiger partial charge in [0.2, 0.25) is 0 Å². The number of carbonyl (C=O) groups excluding carboxylic acids is 2. The van der Waals surface area contributed by atoms with Gasteiger partial charge >= 0.3 is 6.03 Å². The zero-order valence-electron chi connectivity index (χ0n) is 14.2. The van der Waals surface area contributed by atoms with Crippen molar-refractivity contribution in [2.24, 2.45) is 0 Å². The molecule has 0 spiro atoms. The zero-order valence-corrected chi connectivity index (χ0v) is 14.2. The van der Waals surface area contributed by atoms with Crippen LogP contribution < -0.4 is 15.5 Å². The maximum atomic E-state index is 11.7. The Balaban J connectivity index is 1.99. The first kappa shape index (κ1) is 15.9. The molecule has 1 aliphatic heterocycles. The van der Waals surface area contributed by atoms with Gasteiger partial charge in [0.05, 0.1) is 0 Å². The minimum atomic E-state index is -0.487. The van der Waals surface area contributed by atoms with Crippen molar-refractivity contribution in [2.75, 3.05) is 19.0 Å². The summed E-state index contributed by atoms with van der Waals surface area (Å²) < 4.78 is 2.13. The van der Waals surface area contributed by atoms with Crippen LogP contribution in [-0.4, -0.2) is 30.6 Å². The highest BCUT2D eigenvalue weighted by atomic mass is 16.2. The molecule has 0 radical (unpaired) electrons. The largest absolute Gasteiger partial charge is 0.378 e. The van der Waals surface area contributed by atoms with Gasteiger partial charge in [-0.3, -0.25) is 10.1 Å². The van der Waals surface area contributed by atoms with Crippen molar-refractivity contribution in [1.82, 2.24) is 15.2 Å². The number of benzene rings is 1. The lowest BCUT2D eigenvalue weighted by atomic mass is 10.2. The summed E-state index contributed by atoms with van der Waals surface area (Å²) in [6.45, 7) is 4.01. The molecule has 3 rings (SSSR count). The quantitative estimate of drug-likeness (QED) is 0.673. The second-order valence-corrected chi connectivity index (χ2v) is 6.04. The van der Waals surface area contributed by atoms with E-state index in [4.69, 9.17) is 0 Å². The SMILES string of the molecule is Cc1cc(C=C2NC(=O)NC2=O)c(C)n1-c1ccc(N(C)C)cc1. The number of hydrogen-bond acceptors (Lipinski definition) is 3. The lowest BCUT2D eigenvalue weighted by molar-refractivity contribution is -0.115. The van der Waals surface area contributed by atoms with Gasteiger partial charge in [0.25, 0.3) is 5.91 Å². The summed E-state index contributed by atoms with van der Waals surface area (Å²) in [6.07, 6.45) is 1.70. The highest BCUT2D eigenvalue weighted by molar-refractivity contribution is 6.14. The van der Waals surface area contributed by atoms with Gasteiger partial charge in [0, 0.05) is 36.9 Å². The normalized spacial score (nSPS) is 15.6. The average Bonchev–Trinajstić information content (AvgIpc) is 2.98. The van der Waals surface area contributed by atoms with Crippen LogP contribution in [0.15, 0.2) is 36.0 Å². The number of nitrogens with one attached hydrogen (secondary N) is 2. The minimum absolute atomic E-state index is 0.267. The van der Waals surface area contributed by atoms with Crippen molar-refractivity contribution in [1.29, 1.82) is 0 Å². The number of hydrogen-bond donors (Lipinski definition) is 2. The lowest BCUT2D eigenvalue weighted by Crippen LogP contribution is -2.22. The van der Waals surface area contributed by atoms with Gasteiger partial charge in [-0.05, 0) is 55.8 Å². The van der Waals surface area contributed by atoms with Crippen LogP contribution in [0.25, 0.3) is 11.8 Å². The first-order valence-electron chi connectivity index (χ1n) is 7.67. The highest BCUT2D eigenvalue weighted by Gasteiger charge is 2.23. The van der Waals surface area contributed by atoms with E-state index >= 15 is 0 Å². The third-order valence-corrected chi connectivity index (χ3v) is 4.11. The monoisotopic (exact) mass is 324 g/mol. The number of amides is 3. The molecule has 2 N–H and O–H groups in total. The Labute approximate surface area is 140 Å². The summed E-state index contributed by atoms with van der Waals surface area (Å²) in [4.78, 5) is 25.0. The van der Waals surface area contributed by atoms with Crippen LogP contribution in [0.3, 0.4) is 0 Å². The van der Waals surface area contributed by atoms with E-state index in [9.17, 15) is 9.59 Å². The first-order valence-corrected chi connectivity index (χ1v) is 7.67. The predicted molar refractivity (Wildman–Crippen MR) is 94.2 cm³/mol. The van der Waals surface area contributed by atoms with Crippen LogP contribution in [-0.2, 0) is 4.79 Å². The van der Waals surface area contributed by atoms with Gasteiger partial charge in [-0.15, -0.1) is 0 Å². The Morgan fingerprint density at radius 1 is 1.04 bits per heavy atom. The molecule has 1 aromatic carbocycles. The number of aromatic nitrogens is 1. The lowest BCUT2D eigenvalue weighted by Gasteiger charge is -2.14. The molecule has 1 aliphatic rings. The van der Waals surface area contributed by atoms with E-state index in [0.29, 0.717) is 0 Å². The Morgan fingerprint density at radius 3 is 2.25 bits per heavy atom. The van der Waals surface area contributed by atoms with E-state index in [2.05, 4.69) is 44.4 Å². The molecule has 0 atom stereocenters. The molecule has 2 heterocycles. The van der Waals surface area contributed by atoms with Crippen molar-refractivity contribution in [3.8, 4) is 5.69 Å². The van der Waals surface area contributed by atoms with Gasteiger partial charge in [-0.25, -0.2) is 4.79 Å². The zero-order chi connectivity index (χ0) is 17.4. The fourth-order valence-electron chi connectivity index (χ4n) is 2.87. The molecule has 0 aliphatic carbocycles. The highest BCUT2D eigenvalue weighted by Crippen LogP contribution is 2.24. The van der Waals surface area contributed by atoms with Crippen LogP contribution in [0.2, 0.25) is 0 Å². The van der Waals surface area contributed by atoms with Crippen molar-refractivity contribution in [3.05, 3.63) is 53.0 Å². The van der Waals surface area contributed by atoms with Crippen molar-refractivity contribution in [3.63, 3.8) is 0 Å². The van der Waals surface area contributed by atoms with Crippen LogP contribution in [0.4, 0.5) is 10.5 Å². The van der Waals surface area contributed by atoms with E-state index in [1.807, 2.05) is 34.0 Å². The van der Waals surface area contributed by atoms with E-state index in [-0.39, 0.29) is 5.70 Å². The van der Waals surface area contributed by atoms with Gasteiger partial charge in [0.15, 0.2) is 0 Å². The molecule has 0 unspecified atom stereocenters. The fourth-order valence-corrected chi connectivity index (χ4v) is 2.87. The Kier molecular flexibility index (Phi) is 3.89. The fraction of sp³-hybridized carbons (Fsp3) is 0.222. The Morgan fingerprint density at radius 2 is 1.71 bits per heavy atom. The molecule has 0 saturated carbocycles. The second-order valence-electron chi connectivity index (χ2n) is 6.04. The number of urea groups is 1. The molecule has 2 aromatic rings. The molecule has 0 bridgehead atoms. The topological polar surface area (TPSA) is 66.4 Å². The smallest absolute Gasteiger partial charge is 0.326 e. The summed E-state index contributed by atoms with van der Waals surface area (Å²) in [5.41, 5.74) is 5.42. The van der Waals surface area contributed by atoms with E-state index < -0.39 is 11.9 Å². The maximum absolute atomic E-state index is 11.7. The first-order chi connectivity index (χ1) is 11.4. The molecular formula is C18H20N4O2. The molecule has 6 nitrogen and oxygen atoms in total.